The summed E-state index contributed by atoms with van der Waals surface area (Å²) in [6.07, 6.45) is 10.2. The van der Waals surface area contributed by atoms with Gasteiger partial charge >= 0.3 is 5.97 Å². The maximum absolute atomic E-state index is 11.4. The first-order valence-electron chi connectivity index (χ1n) is 7.36. The van der Waals surface area contributed by atoms with Crippen LogP contribution < -0.4 is 0 Å². The van der Waals surface area contributed by atoms with Crippen LogP contribution in [0.3, 0.4) is 0 Å². The minimum atomic E-state index is -0.0149. The van der Waals surface area contributed by atoms with Gasteiger partial charge in [0.25, 0.3) is 0 Å². The van der Waals surface area contributed by atoms with Gasteiger partial charge in [-0.15, -0.1) is 0 Å². The van der Waals surface area contributed by atoms with Crippen molar-refractivity contribution >= 4 is 5.97 Å². The van der Waals surface area contributed by atoms with Crippen LogP contribution in [-0.4, -0.2) is 12.6 Å². The molecule has 0 aromatic heterocycles. The van der Waals surface area contributed by atoms with Gasteiger partial charge in [-0.25, -0.2) is 0 Å². The van der Waals surface area contributed by atoms with Crippen LogP contribution in [0.15, 0.2) is 0 Å². The fourth-order valence-corrected chi connectivity index (χ4v) is 1.83. The largest absolute Gasteiger partial charge is 0.465 e. The van der Waals surface area contributed by atoms with Crippen molar-refractivity contribution in [2.24, 2.45) is 5.92 Å². The van der Waals surface area contributed by atoms with E-state index in [1.807, 2.05) is 0 Å². The number of hydrogen-bond acceptors (Lipinski definition) is 2. The molecule has 2 heteroatoms. The van der Waals surface area contributed by atoms with E-state index in [4.69, 9.17) is 4.74 Å². The van der Waals surface area contributed by atoms with Crippen LogP contribution in [0, 0.1) is 5.92 Å². The minimum Gasteiger partial charge on any atom is -0.465 e. The maximum atomic E-state index is 11.4. The molecule has 0 rings (SSSR count). The number of hydrogen-bond donors (Lipinski definition) is 0. The third-order valence-corrected chi connectivity index (χ3v) is 3.06. The summed E-state index contributed by atoms with van der Waals surface area (Å²) in [5, 5.41) is 0. The highest BCUT2D eigenvalue weighted by molar-refractivity contribution is 5.69. The van der Waals surface area contributed by atoms with Crippen molar-refractivity contribution in [1.29, 1.82) is 0 Å². The molecule has 0 radical (unpaired) electrons. The molecule has 0 saturated carbocycles. The molecule has 0 spiro atoms. The van der Waals surface area contributed by atoms with Gasteiger partial charge in [0.15, 0.2) is 0 Å². The molecule has 1 atom stereocenters. The smallest absolute Gasteiger partial charge is 0.305 e. The zero-order valence-electron chi connectivity index (χ0n) is 12.0. The van der Waals surface area contributed by atoms with Crippen molar-refractivity contribution in [3.63, 3.8) is 0 Å². The highest BCUT2D eigenvalue weighted by Gasteiger charge is 2.06. The van der Waals surface area contributed by atoms with Crippen LogP contribution in [0.2, 0.25) is 0 Å². The molecule has 0 heterocycles. The van der Waals surface area contributed by atoms with Crippen molar-refractivity contribution in [3.8, 4) is 0 Å². The van der Waals surface area contributed by atoms with Gasteiger partial charge in [0.05, 0.1) is 6.61 Å². The lowest BCUT2D eigenvalue weighted by atomic mass is 10.0. The Hall–Kier alpha value is -0.530. The Labute approximate surface area is 107 Å². The summed E-state index contributed by atoms with van der Waals surface area (Å²) in [6, 6.07) is 0. The van der Waals surface area contributed by atoms with Gasteiger partial charge in [-0.1, -0.05) is 59.3 Å². The average Bonchev–Trinajstić information content (AvgIpc) is 2.32. The standard InChI is InChI=1S/C15H30O2/c1-4-6-8-10-11-14(3)13-17-15(16)12-9-7-5-2/h14H,4-13H2,1-3H3. The topological polar surface area (TPSA) is 26.3 Å². The molecular formula is C15H30O2. The van der Waals surface area contributed by atoms with Crippen LogP contribution in [0.25, 0.3) is 0 Å². The van der Waals surface area contributed by atoms with Crippen LogP contribution in [0.1, 0.15) is 78.6 Å². The quantitative estimate of drug-likeness (QED) is 0.387. The lowest BCUT2D eigenvalue weighted by Gasteiger charge is -2.11. The minimum absolute atomic E-state index is 0.0149. The highest BCUT2D eigenvalue weighted by Crippen LogP contribution is 2.11. The van der Waals surface area contributed by atoms with E-state index in [0.717, 1.165) is 19.3 Å². The third kappa shape index (κ3) is 11.7. The predicted molar refractivity (Wildman–Crippen MR) is 73.0 cm³/mol. The summed E-state index contributed by atoms with van der Waals surface area (Å²) >= 11 is 0. The van der Waals surface area contributed by atoms with E-state index in [-0.39, 0.29) is 5.97 Å². The van der Waals surface area contributed by atoms with E-state index >= 15 is 0 Å². The molecule has 0 saturated heterocycles. The first-order chi connectivity index (χ1) is 8.20. The molecule has 0 fully saturated rings. The van der Waals surface area contributed by atoms with Crippen LogP contribution in [-0.2, 0) is 9.53 Å². The summed E-state index contributed by atoms with van der Waals surface area (Å²) in [5.74, 6) is 0.501. The number of ether oxygens (including phenoxy) is 1. The van der Waals surface area contributed by atoms with Gasteiger partial charge in [-0.2, -0.15) is 0 Å². The molecule has 0 aliphatic carbocycles. The average molecular weight is 242 g/mol. The predicted octanol–water partition coefficient (Wildman–Crippen LogP) is 4.72. The Morgan fingerprint density at radius 3 is 2.29 bits per heavy atom. The second-order valence-corrected chi connectivity index (χ2v) is 5.09. The molecule has 0 aromatic rings. The first kappa shape index (κ1) is 16.5. The van der Waals surface area contributed by atoms with Crippen LogP contribution >= 0.6 is 0 Å². The molecule has 0 aliphatic rings. The summed E-state index contributed by atoms with van der Waals surface area (Å²) in [7, 11) is 0. The SMILES string of the molecule is CCCCCCC(C)COC(=O)CCCCC. The maximum Gasteiger partial charge on any atom is 0.305 e. The Morgan fingerprint density at radius 2 is 1.65 bits per heavy atom. The lowest BCUT2D eigenvalue weighted by molar-refractivity contribution is -0.145. The number of carbonyl (C=O) groups excluding carboxylic acids is 1. The van der Waals surface area contributed by atoms with E-state index in [9.17, 15) is 4.79 Å². The normalized spacial score (nSPS) is 12.4. The summed E-state index contributed by atoms with van der Waals surface area (Å²) < 4.78 is 5.27. The molecule has 17 heavy (non-hydrogen) atoms. The second-order valence-electron chi connectivity index (χ2n) is 5.09. The van der Waals surface area contributed by atoms with Gasteiger partial charge in [-0.05, 0) is 18.8 Å². The van der Waals surface area contributed by atoms with Gasteiger partial charge in [0.2, 0.25) is 0 Å². The summed E-state index contributed by atoms with van der Waals surface area (Å²) in [4.78, 5) is 11.4. The molecule has 2 nitrogen and oxygen atoms in total. The van der Waals surface area contributed by atoms with Crippen molar-refractivity contribution in [2.45, 2.75) is 78.6 Å². The molecule has 0 amide bonds. The first-order valence-corrected chi connectivity index (χ1v) is 7.36. The molecule has 0 aromatic carbocycles. The molecule has 1 unspecified atom stereocenters. The van der Waals surface area contributed by atoms with Crippen molar-refractivity contribution in [2.75, 3.05) is 6.61 Å². The molecule has 0 N–H and O–H groups in total. The second kappa shape index (κ2) is 11.9. The van der Waals surface area contributed by atoms with E-state index < -0.39 is 0 Å². The number of carbonyl (C=O) groups is 1. The summed E-state index contributed by atoms with van der Waals surface area (Å²) in [5.41, 5.74) is 0. The van der Waals surface area contributed by atoms with Gasteiger partial charge in [-0.3, -0.25) is 4.79 Å². The van der Waals surface area contributed by atoms with E-state index in [0.29, 0.717) is 18.9 Å². The van der Waals surface area contributed by atoms with Gasteiger partial charge in [0, 0.05) is 6.42 Å². The van der Waals surface area contributed by atoms with E-state index in [1.54, 1.807) is 0 Å². The van der Waals surface area contributed by atoms with Crippen molar-refractivity contribution in [3.05, 3.63) is 0 Å². The van der Waals surface area contributed by atoms with Crippen LogP contribution in [0.5, 0.6) is 0 Å². The Morgan fingerprint density at radius 1 is 1.00 bits per heavy atom. The lowest BCUT2D eigenvalue weighted by Crippen LogP contribution is -2.11. The number of esters is 1. The Kier molecular flexibility index (Phi) is 11.6. The molecule has 0 aliphatic heterocycles. The van der Waals surface area contributed by atoms with Gasteiger partial charge in [0.1, 0.15) is 0 Å². The zero-order chi connectivity index (χ0) is 12.9. The Bertz CT molecular complexity index is 178. The fourth-order valence-electron chi connectivity index (χ4n) is 1.83. The van der Waals surface area contributed by atoms with Crippen molar-refractivity contribution < 1.29 is 9.53 Å². The zero-order valence-corrected chi connectivity index (χ0v) is 12.0. The summed E-state index contributed by atoms with van der Waals surface area (Å²) in [6.45, 7) is 7.15. The third-order valence-electron chi connectivity index (χ3n) is 3.06. The van der Waals surface area contributed by atoms with Crippen molar-refractivity contribution in [1.82, 2.24) is 0 Å². The van der Waals surface area contributed by atoms with E-state index in [2.05, 4.69) is 20.8 Å². The Balaban J connectivity index is 3.35. The monoisotopic (exact) mass is 242 g/mol. The molecular weight excluding hydrogens is 212 g/mol. The molecule has 0 bridgehead atoms. The fraction of sp³-hybridized carbons (Fsp3) is 0.933. The highest BCUT2D eigenvalue weighted by atomic mass is 16.5. The van der Waals surface area contributed by atoms with Gasteiger partial charge < -0.3 is 4.74 Å². The number of rotatable bonds is 11. The van der Waals surface area contributed by atoms with Crippen LogP contribution in [0.4, 0.5) is 0 Å². The molecule has 102 valence electrons. The number of unbranched alkanes of at least 4 members (excludes halogenated alkanes) is 5. The van der Waals surface area contributed by atoms with E-state index in [1.165, 1.54) is 32.1 Å².